The van der Waals surface area contributed by atoms with Gasteiger partial charge in [0.05, 0.1) is 11.9 Å². The van der Waals surface area contributed by atoms with E-state index in [1.807, 2.05) is 20.8 Å². The lowest BCUT2D eigenvalue weighted by atomic mass is 9.98. The van der Waals surface area contributed by atoms with Crippen LogP contribution < -0.4 is 5.56 Å². The van der Waals surface area contributed by atoms with Gasteiger partial charge >= 0.3 is 5.97 Å². The molecule has 0 spiro atoms. The van der Waals surface area contributed by atoms with Crippen molar-refractivity contribution in [3.05, 3.63) is 26.6 Å². The van der Waals surface area contributed by atoms with Crippen LogP contribution in [0.15, 0.2) is 4.79 Å². The van der Waals surface area contributed by atoms with Crippen LogP contribution in [0.5, 0.6) is 0 Å². The average Bonchev–Trinajstić information content (AvgIpc) is 3.33. The standard InChI is InChI=1S/C23H33N3O3S/c1-4-18(23(28)29-17-10-6-5-7-11-17)26-19(14-25-12-8-9-13-25)24-21-20(22(26)27)15(2)16(3)30-21/h17-18H,4-14H2,1-3H3. The maximum absolute atomic E-state index is 13.7. The minimum absolute atomic E-state index is 0.0140. The van der Waals surface area contributed by atoms with Crippen molar-refractivity contribution in [2.75, 3.05) is 13.1 Å². The molecule has 7 heteroatoms. The molecule has 1 aliphatic heterocycles. The Hall–Kier alpha value is -1.73. The lowest BCUT2D eigenvalue weighted by Gasteiger charge is -2.27. The molecule has 1 aliphatic carbocycles. The predicted molar refractivity (Wildman–Crippen MR) is 120 cm³/mol. The maximum atomic E-state index is 13.7. The number of fused-ring (bicyclic) bond motifs is 1. The van der Waals surface area contributed by atoms with Crippen LogP contribution in [-0.2, 0) is 16.1 Å². The Morgan fingerprint density at radius 3 is 2.53 bits per heavy atom. The molecule has 0 N–H and O–H groups in total. The van der Waals surface area contributed by atoms with Crippen molar-refractivity contribution >= 4 is 27.5 Å². The average molecular weight is 432 g/mol. The van der Waals surface area contributed by atoms with E-state index in [0.29, 0.717) is 24.2 Å². The molecule has 2 aromatic rings. The molecule has 6 nitrogen and oxygen atoms in total. The molecule has 1 atom stereocenters. The van der Waals surface area contributed by atoms with E-state index in [1.54, 1.807) is 15.9 Å². The molecule has 1 saturated heterocycles. The molecular weight excluding hydrogens is 398 g/mol. The van der Waals surface area contributed by atoms with Crippen molar-refractivity contribution in [1.29, 1.82) is 0 Å². The van der Waals surface area contributed by atoms with Crippen molar-refractivity contribution in [2.45, 2.75) is 90.8 Å². The molecular formula is C23H33N3O3S. The van der Waals surface area contributed by atoms with Gasteiger partial charge in [0.25, 0.3) is 5.56 Å². The van der Waals surface area contributed by atoms with E-state index < -0.39 is 6.04 Å². The highest BCUT2D eigenvalue weighted by molar-refractivity contribution is 7.18. The van der Waals surface area contributed by atoms with Crippen LogP contribution in [0.1, 0.15) is 80.6 Å². The number of nitrogens with zero attached hydrogens (tertiary/aromatic N) is 3. The molecule has 1 unspecified atom stereocenters. The smallest absolute Gasteiger partial charge is 0.329 e. The number of carbonyl (C=O) groups excluding carboxylic acids is 1. The third-order valence-electron chi connectivity index (χ3n) is 6.68. The maximum Gasteiger partial charge on any atom is 0.329 e. The highest BCUT2D eigenvalue weighted by atomic mass is 32.1. The second-order valence-electron chi connectivity index (χ2n) is 8.77. The Bertz CT molecular complexity index is 968. The van der Waals surface area contributed by atoms with Crippen molar-refractivity contribution in [3.63, 3.8) is 0 Å². The highest BCUT2D eigenvalue weighted by Crippen LogP contribution is 2.29. The lowest BCUT2D eigenvalue weighted by molar-refractivity contribution is -0.155. The summed E-state index contributed by atoms with van der Waals surface area (Å²) in [5.74, 6) is 0.419. The van der Waals surface area contributed by atoms with Crippen LogP contribution in [0.25, 0.3) is 10.2 Å². The van der Waals surface area contributed by atoms with Gasteiger partial charge in [-0.3, -0.25) is 14.3 Å². The predicted octanol–water partition coefficient (Wildman–Crippen LogP) is 4.50. The summed E-state index contributed by atoms with van der Waals surface area (Å²) in [6.45, 7) is 8.59. The number of carbonyl (C=O) groups is 1. The number of hydrogen-bond donors (Lipinski definition) is 0. The largest absolute Gasteiger partial charge is 0.461 e. The summed E-state index contributed by atoms with van der Waals surface area (Å²) in [7, 11) is 0. The summed E-state index contributed by atoms with van der Waals surface area (Å²) in [6, 6.07) is -0.617. The Morgan fingerprint density at radius 1 is 1.17 bits per heavy atom. The fourth-order valence-electron chi connectivity index (χ4n) is 4.80. The Kier molecular flexibility index (Phi) is 6.58. The SMILES string of the molecule is CCC(C(=O)OC1CCCCC1)n1c(CN2CCCC2)nc2sc(C)c(C)c2c1=O. The van der Waals surface area contributed by atoms with Crippen molar-refractivity contribution in [1.82, 2.24) is 14.5 Å². The molecule has 4 rings (SSSR count). The number of rotatable bonds is 6. The first-order valence-electron chi connectivity index (χ1n) is 11.4. The van der Waals surface area contributed by atoms with Crippen LogP contribution in [-0.4, -0.2) is 39.6 Å². The number of likely N-dealkylation sites (tertiary alicyclic amines) is 1. The van der Waals surface area contributed by atoms with Gasteiger partial charge in [-0.2, -0.15) is 0 Å². The van der Waals surface area contributed by atoms with E-state index in [9.17, 15) is 9.59 Å². The molecule has 2 aromatic heterocycles. The molecule has 164 valence electrons. The summed E-state index contributed by atoms with van der Waals surface area (Å²) in [5, 5.41) is 0.659. The molecule has 1 saturated carbocycles. The zero-order valence-corrected chi connectivity index (χ0v) is 19.2. The van der Waals surface area contributed by atoms with Gasteiger partial charge < -0.3 is 4.74 Å². The van der Waals surface area contributed by atoms with Crippen molar-refractivity contribution in [3.8, 4) is 0 Å². The number of thiophene rings is 1. The Balaban J connectivity index is 1.74. The molecule has 2 aliphatic rings. The van der Waals surface area contributed by atoms with E-state index in [0.717, 1.165) is 54.0 Å². The van der Waals surface area contributed by atoms with Gasteiger partial charge in [0, 0.05) is 4.88 Å². The molecule has 3 heterocycles. The number of esters is 1. The first-order valence-corrected chi connectivity index (χ1v) is 12.2. The summed E-state index contributed by atoms with van der Waals surface area (Å²) in [4.78, 5) is 36.0. The minimum Gasteiger partial charge on any atom is -0.461 e. The first kappa shape index (κ1) is 21.5. The molecule has 30 heavy (non-hydrogen) atoms. The van der Waals surface area contributed by atoms with E-state index in [1.165, 1.54) is 19.3 Å². The molecule has 0 bridgehead atoms. The zero-order chi connectivity index (χ0) is 21.3. The second kappa shape index (κ2) is 9.18. The third kappa shape index (κ3) is 4.19. The van der Waals surface area contributed by atoms with Gasteiger partial charge in [-0.1, -0.05) is 13.3 Å². The van der Waals surface area contributed by atoms with Crippen molar-refractivity contribution in [2.24, 2.45) is 0 Å². The van der Waals surface area contributed by atoms with E-state index in [-0.39, 0.29) is 17.6 Å². The fourth-order valence-corrected chi connectivity index (χ4v) is 5.84. The van der Waals surface area contributed by atoms with Crippen LogP contribution in [0.2, 0.25) is 0 Å². The van der Waals surface area contributed by atoms with Gasteiger partial charge in [-0.05, 0) is 77.4 Å². The van der Waals surface area contributed by atoms with Crippen LogP contribution in [0.3, 0.4) is 0 Å². The first-order chi connectivity index (χ1) is 14.5. The van der Waals surface area contributed by atoms with Gasteiger partial charge in [-0.25, -0.2) is 9.78 Å². The van der Waals surface area contributed by atoms with Gasteiger partial charge in [0.15, 0.2) is 0 Å². The zero-order valence-electron chi connectivity index (χ0n) is 18.4. The molecule has 0 aromatic carbocycles. The van der Waals surface area contributed by atoms with Gasteiger partial charge in [0.1, 0.15) is 22.8 Å². The summed E-state index contributed by atoms with van der Waals surface area (Å²) in [6.07, 6.45) is 8.13. The summed E-state index contributed by atoms with van der Waals surface area (Å²) in [5.41, 5.74) is 0.882. The number of aryl methyl sites for hydroxylation is 2. The van der Waals surface area contributed by atoms with E-state index >= 15 is 0 Å². The number of ether oxygens (including phenoxy) is 1. The van der Waals surface area contributed by atoms with Crippen LogP contribution >= 0.6 is 11.3 Å². The fraction of sp³-hybridized carbons (Fsp3) is 0.696. The van der Waals surface area contributed by atoms with Gasteiger partial charge in [0.2, 0.25) is 0 Å². The second-order valence-corrected chi connectivity index (χ2v) is 9.97. The highest BCUT2D eigenvalue weighted by Gasteiger charge is 2.30. The summed E-state index contributed by atoms with van der Waals surface area (Å²) >= 11 is 1.57. The Morgan fingerprint density at radius 2 is 1.87 bits per heavy atom. The quantitative estimate of drug-likeness (QED) is 0.630. The third-order valence-corrected chi connectivity index (χ3v) is 7.78. The Labute approximate surface area is 182 Å². The number of hydrogen-bond acceptors (Lipinski definition) is 6. The van der Waals surface area contributed by atoms with Crippen LogP contribution in [0, 0.1) is 13.8 Å². The normalized spacial score (nSPS) is 19.4. The van der Waals surface area contributed by atoms with E-state index in [4.69, 9.17) is 9.72 Å². The van der Waals surface area contributed by atoms with Gasteiger partial charge in [-0.15, -0.1) is 11.3 Å². The topological polar surface area (TPSA) is 64.4 Å². The molecule has 2 fully saturated rings. The molecule has 0 radical (unpaired) electrons. The monoisotopic (exact) mass is 431 g/mol. The van der Waals surface area contributed by atoms with Crippen molar-refractivity contribution < 1.29 is 9.53 Å². The summed E-state index contributed by atoms with van der Waals surface area (Å²) < 4.78 is 7.55. The number of aromatic nitrogens is 2. The molecule has 0 amide bonds. The van der Waals surface area contributed by atoms with Crippen LogP contribution in [0.4, 0.5) is 0 Å². The van der Waals surface area contributed by atoms with E-state index in [2.05, 4.69) is 4.90 Å². The lowest BCUT2D eigenvalue weighted by Crippen LogP contribution is -2.37. The minimum atomic E-state index is -0.617.